The molecule has 0 aromatic heterocycles. The van der Waals surface area contributed by atoms with Crippen LogP contribution in [0.25, 0.3) is 0 Å². The van der Waals surface area contributed by atoms with Gasteiger partial charge in [0, 0.05) is 11.4 Å². The summed E-state index contributed by atoms with van der Waals surface area (Å²) in [6.45, 7) is 0. The molecule has 25 heavy (non-hydrogen) atoms. The van der Waals surface area contributed by atoms with Crippen LogP contribution >= 0.6 is 11.6 Å². The molecule has 2 rings (SSSR count). The van der Waals surface area contributed by atoms with E-state index in [0.717, 1.165) is 12.1 Å². The largest absolute Gasteiger partial charge is 0.417 e. The van der Waals surface area contributed by atoms with Gasteiger partial charge in [-0.05, 0) is 42.5 Å². The summed E-state index contributed by atoms with van der Waals surface area (Å²) >= 11 is 5.47. The minimum atomic E-state index is -4.79. The van der Waals surface area contributed by atoms with E-state index in [-0.39, 0.29) is 5.69 Å². The van der Waals surface area contributed by atoms with Gasteiger partial charge in [-0.25, -0.2) is 13.2 Å². The quantitative estimate of drug-likeness (QED) is 0.738. The van der Waals surface area contributed by atoms with E-state index in [4.69, 9.17) is 17.3 Å². The van der Waals surface area contributed by atoms with Gasteiger partial charge in [0.05, 0.1) is 15.5 Å². The average molecular weight is 394 g/mol. The van der Waals surface area contributed by atoms with Crippen molar-refractivity contribution in [3.05, 3.63) is 53.1 Å². The van der Waals surface area contributed by atoms with Gasteiger partial charge in [0.1, 0.15) is 0 Å². The monoisotopic (exact) mass is 393 g/mol. The second-order valence-electron chi connectivity index (χ2n) is 4.81. The molecule has 0 aliphatic carbocycles. The highest BCUT2D eigenvalue weighted by Crippen LogP contribution is 2.36. The molecule has 0 heterocycles. The van der Waals surface area contributed by atoms with E-state index in [0.29, 0.717) is 11.8 Å². The van der Waals surface area contributed by atoms with E-state index in [1.807, 2.05) is 0 Å². The van der Waals surface area contributed by atoms with Crippen molar-refractivity contribution in [2.24, 2.45) is 5.73 Å². The standard InChI is InChI=1S/C14H11ClF3N3O3S/c15-12-6-5-10(7-11(12)14(16,17)18)25(23,24)21-9-3-1-8(2-4-9)20-13(19)22/h1-7,21H,(H3,19,20,22). The summed E-state index contributed by atoms with van der Waals surface area (Å²) < 4.78 is 65.2. The first-order valence-electron chi connectivity index (χ1n) is 6.55. The number of benzene rings is 2. The van der Waals surface area contributed by atoms with E-state index in [1.165, 1.54) is 24.3 Å². The Labute approximate surface area is 145 Å². The summed E-state index contributed by atoms with van der Waals surface area (Å²) in [5.41, 5.74) is 4.09. The molecule has 0 atom stereocenters. The Morgan fingerprint density at radius 3 is 2.12 bits per heavy atom. The number of primary amides is 1. The molecule has 2 amide bonds. The lowest BCUT2D eigenvalue weighted by Gasteiger charge is -2.13. The third kappa shape index (κ3) is 4.77. The van der Waals surface area contributed by atoms with Crippen molar-refractivity contribution in [3.8, 4) is 0 Å². The number of hydrogen-bond acceptors (Lipinski definition) is 3. The maximum atomic E-state index is 12.8. The van der Waals surface area contributed by atoms with Crippen LogP contribution in [-0.2, 0) is 16.2 Å². The number of hydrogen-bond donors (Lipinski definition) is 3. The Kier molecular flexibility index (Phi) is 5.14. The minimum Gasteiger partial charge on any atom is -0.351 e. The van der Waals surface area contributed by atoms with Crippen LogP contribution in [0.15, 0.2) is 47.4 Å². The molecule has 0 fully saturated rings. The van der Waals surface area contributed by atoms with E-state index < -0.39 is 37.7 Å². The Hall–Kier alpha value is -2.46. The molecule has 2 aromatic carbocycles. The van der Waals surface area contributed by atoms with E-state index >= 15 is 0 Å². The third-order valence-electron chi connectivity index (χ3n) is 2.96. The van der Waals surface area contributed by atoms with Crippen LogP contribution in [-0.4, -0.2) is 14.4 Å². The molecule has 0 aliphatic rings. The summed E-state index contributed by atoms with van der Waals surface area (Å²) in [6, 6.07) is 6.83. The predicted molar refractivity (Wildman–Crippen MR) is 86.9 cm³/mol. The Morgan fingerprint density at radius 1 is 1.04 bits per heavy atom. The van der Waals surface area contributed by atoms with Gasteiger partial charge in [-0.1, -0.05) is 11.6 Å². The highest BCUT2D eigenvalue weighted by molar-refractivity contribution is 7.92. The summed E-state index contributed by atoms with van der Waals surface area (Å²) in [6.07, 6.45) is -4.79. The van der Waals surface area contributed by atoms with Gasteiger partial charge in [0.15, 0.2) is 0 Å². The fraction of sp³-hybridized carbons (Fsp3) is 0.0714. The molecule has 0 aliphatic heterocycles. The van der Waals surface area contributed by atoms with Crippen molar-refractivity contribution >= 4 is 39.0 Å². The van der Waals surface area contributed by atoms with Crippen molar-refractivity contribution in [1.29, 1.82) is 0 Å². The Bertz CT molecular complexity index is 900. The van der Waals surface area contributed by atoms with Crippen LogP contribution in [0.5, 0.6) is 0 Å². The van der Waals surface area contributed by atoms with Crippen molar-refractivity contribution in [3.63, 3.8) is 0 Å². The number of nitrogens with two attached hydrogens (primary N) is 1. The lowest BCUT2D eigenvalue weighted by molar-refractivity contribution is -0.137. The number of carbonyl (C=O) groups excluding carboxylic acids is 1. The first-order chi connectivity index (χ1) is 11.5. The first kappa shape index (κ1) is 18.9. The molecule has 2 aromatic rings. The van der Waals surface area contributed by atoms with Gasteiger partial charge in [0.25, 0.3) is 10.0 Å². The van der Waals surface area contributed by atoms with Gasteiger partial charge >= 0.3 is 12.2 Å². The molecule has 0 bridgehead atoms. The molecule has 0 spiro atoms. The molecule has 0 saturated carbocycles. The van der Waals surface area contributed by atoms with Gasteiger partial charge in [0.2, 0.25) is 0 Å². The number of alkyl halides is 3. The number of amides is 2. The number of urea groups is 1. The number of carbonyl (C=O) groups is 1. The summed E-state index contributed by atoms with van der Waals surface area (Å²) in [7, 11) is -4.27. The van der Waals surface area contributed by atoms with E-state index in [1.54, 1.807) is 0 Å². The lowest BCUT2D eigenvalue weighted by atomic mass is 10.2. The highest BCUT2D eigenvalue weighted by atomic mass is 35.5. The summed E-state index contributed by atoms with van der Waals surface area (Å²) in [5.74, 6) is 0. The van der Waals surface area contributed by atoms with Crippen LogP contribution in [0.4, 0.5) is 29.3 Å². The third-order valence-corrected chi connectivity index (χ3v) is 4.67. The number of nitrogens with one attached hydrogen (secondary N) is 2. The van der Waals surface area contributed by atoms with E-state index in [2.05, 4.69) is 10.0 Å². The normalized spacial score (nSPS) is 11.8. The predicted octanol–water partition coefficient (Wildman–Crippen LogP) is 3.65. The van der Waals surface area contributed by atoms with Crippen LogP contribution < -0.4 is 15.8 Å². The zero-order valence-corrected chi connectivity index (χ0v) is 13.8. The zero-order valence-electron chi connectivity index (χ0n) is 12.3. The van der Waals surface area contributed by atoms with Crippen LogP contribution in [0.1, 0.15) is 5.56 Å². The second kappa shape index (κ2) is 6.81. The molecule has 134 valence electrons. The number of rotatable bonds is 4. The SMILES string of the molecule is NC(=O)Nc1ccc(NS(=O)(=O)c2ccc(Cl)c(C(F)(F)F)c2)cc1. The van der Waals surface area contributed by atoms with Crippen molar-refractivity contribution in [2.45, 2.75) is 11.1 Å². The molecule has 4 N–H and O–H groups in total. The molecule has 0 unspecified atom stereocenters. The molecular weight excluding hydrogens is 383 g/mol. The molecule has 0 radical (unpaired) electrons. The van der Waals surface area contributed by atoms with Crippen LogP contribution in [0.2, 0.25) is 5.02 Å². The van der Waals surface area contributed by atoms with Gasteiger partial charge in [-0.3, -0.25) is 4.72 Å². The van der Waals surface area contributed by atoms with Gasteiger partial charge < -0.3 is 11.1 Å². The Balaban J connectivity index is 2.29. The lowest BCUT2D eigenvalue weighted by Crippen LogP contribution is -2.19. The summed E-state index contributed by atoms with van der Waals surface area (Å²) in [4.78, 5) is 10.1. The smallest absolute Gasteiger partial charge is 0.351 e. The molecular formula is C14H11ClF3N3O3S. The van der Waals surface area contributed by atoms with Crippen molar-refractivity contribution in [1.82, 2.24) is 0 Å². The first-order valence-corrected chi connectivity index (χ1v) is 8.41. The van der Waals surface area contributed by atoms with Crippen LogP contribution in [0.3, 0.4) is 0 Å². The fourth-order valence-electron chi connectivity index (χ4n) is 1.87. The molecule has 6 nitrogen and oxygen atoms in total. The Morgan fingerprint density at radius 2 is 1.60 bits per heavy atom. The number of sulfonamides is 1. The average Bonchev–Trinajstić information content (AvgIpc) is 2.47. The maximum Gasteiger partial charge on any atom is 0.417 e. The maximum absolute atomic E-state index is 12.8. The highest BCUT2D eigenvalue weighted by Gasteiger charge is 2.34. The van der Waals surface area contributed by atoms with Gasteiger partial charge in [-0.15, -0.1) is 0 Å². The molecule has 0 saturated heterocycles. The van der Waals surface area contributed by atoms with Crippen molar-refractivity contribution < 1.29 is 26.4 Å². The van der Waals surface area contributed by atoms with E-state index in [9.17, 15) is 26.4 Å². The fourth-order valence-corrected chi connectivity index (χ4v) is 3.18. The minimum absolute atomic E-state index is 0.0820. The molecule has 11 heteroatoms. The van der Waals surface area contributed by atoms with Crippen molar-refractivity contribution in [2.75, 3.05) is 10.0 Å². The summed E-state index contributed by atoms with van der Waals surface area (Å²) in [5, 5.41) is 1.68. The zero-order chi connectivity index (χ0) is 18.8. The van der Waals surface area contributed by atoms with Crippen LogP contribution in [0, 0.1) is 0 Å². The second-order valence-corrected chi connectivity index (χ2v) is 6.90. The van der Waals surface area contributed by atoms with Gasteiger partial charge in [-0.2, -0.15) is 13.2 Å². The number of anilines is 2. The topological polar surface area (TPSA) is 101 Å². The number of halogens is 4.